The molecule has 2 unspecified atom stereocenters. The van der Waals surface area contributed by atoms with Crippen molar-refractivity contribution in [3.63, 3.8) is 0 Å². The molecule has 2 aliphatic carbocycles. The number of aromatic nitrogens is 2. The Kier molecular flexibility index (Phi) is 5.07. The molecule has 2 bridgehead atoms. The second-order valence-corrected chi connectivity index (χ2v) is 7.95. The molecule has 2 aromatic rings. The maximum Gasteiger partial charge on any atom is 0.223 e. The van der Waals surface area contributed by atoms with E-state index in [1.165, 1.54) is 24.8 Å². The molecule has 2 saturated carbocycles. The van der Waals surface area contributed by atoms with Crippen LogP contribution in [0.3, 0.4) is 0 Å². The average molecular weight is 352 g/mol. The molecule has 1 amide bonds. The molecule has 26 heavy (non-hydrogen) atoms. The van der Waals surface area contributed by atoms with Gasteiger partial charge in [-0.2, -0.15) is 5.10 Å². The molecule has 0 radical (unpaired) electrons. The number of hydrogen-bond donors (Lipinski definition) is 2. The monoisotopic (exact) mass is 352 g/mol. The highest BCUT2D eigenvalue weighted by atomic mass is 16.1. The molecule has 5 heteroatoms. The fraction of sp³-hybridized carbons (Fsp3) is 0.524. The van der Waals surface area contributed by atoms with Gasteiger partial charge in [-0.25, -0.2) is 0 Å². The third kappa shape index (κ3) is 3.83. The van der Waals surface area contributed by atoms with Gasteiger partial charge in [-0.3, -0.25) is 9.48 Å². The van der Waals surface area contributed by atoms with Crippen LogP contribution in [-0.4, -0.2) is 21.7 Å². The predicted octanol–water partition coefficient (Wildman–Crippen LogP) is 2.70. The smallest absolute Gasteiger partial charge is 0.223 e. The van der Waals surface area contributed by atoms with Crippen molar-refractivity contribution in [1.29, 1.82) is 0 Å². The number of amides is 1. The summed E-state index contributed by atoms with van der Waals surface area (Å²) in [5, 5.41) is 7.52. The first-order valence-corrected chi connectivity index (χ1v) is 9.77. The van der Waals surface area contributed by atoms with Crippen molar-refractivity contribution in [3.8, 4) is 0 Å². The third-order valence-corrected chi connectivity index (χ3v) is 6.12. The zero-order valence-corrected chi connectivity index (χ0v) is 15.2. The van der Waals surface area contributed by atoms with Gasteiger partial charge in [0, 0.05) is 30.3 Å². The van der Waals surface area contributed by atoms with Crippen LogP contribution in [-0.2, 0) is 17.9 Å². The number of nitrogens with zero attached hydrogens (tertiary/aromatic N) is 2. The van der Waals surface area contributed by atoms with Crippen LogP contribution >= 0.6 is 0 Å². The lowest BCUT2D eigenvalue weighted by molar-refractivity contribution is -0.128. The Hall–Kier alpha value is -2.14. The Morgan fingerprint density at radius 3 is 2.62 bits per heavy atom. The summed E-state index contributed by atoms with van der Waals surface area (Å²) in [6.45, 7) is 1.30. The minimum absolute atomic E-state index is 0.129. The largest absolute Gasteiger partial charge is 0.352 e. The van der Waals surface area contributed by atoms with E-state index in [2.05, 4.69) is 22.5 Å². The molecular formula is C21H28N4O. The highest BCUT2D eigenvalue weighted by Crippen LogP contribution is 2.41. The number of carbonyl (C=O) groups is 1. The molecular weight excluding hydrogens is 324 g/mol. The van der Waals surface area contributed by atoms with Crippen LogP contribution in [0.15, 0.2) is 42.7 Å². The highest BCUT2D eigenvalue weighted by molar-refractivity contribution is 5.78. The Bertz CT molecular complexity index is 727. The average Bonchev–Trinajstić information content (AvgIpc) is 3.08. The summed E-state index contributed by atoms with van der Waals surface area (Å²) in [5.74, 6) is 1.38. The van der Waals surface area contributed by atoms with Gasteiger partial charge in [0.15, 0.2) is 0 Å². The van der Waals surface area contributed by atoms with E-state index in [-0.39, 0.29) is 11.8 Å². The fourth-order valence-corrected chi connectivity index (χ4v) is 4.69. The van der Waals surface area contributed by atoms with E-state index in [0.29, 0.717) is 24.4 Å². The Balaban J connectivity index is 1.30. The summed E-state index contributed by atoms with van der Waals surface area (Å²) in [4.78, 5) is 12.6. The van der Waals surface area contributed by atoms with Crippen molar-refractivity contribution in [2.24, 2.45) is 23.5 Å². The molecule has 2 atom stereocenters. The molecule has 3 N–H and O–H groups in total. The summed E-state index contributed by atoms with van der Waals surface area (Å²) in [7, 11) is 0. The molecule has 0 aliphatic heterocycles. The van der Waals surface area contributed by atoms with Crippen LogP contribution in [0, 0.1) is 17.8 Å². The van der Waals surface area contributed by atoms with Crippen molar-refractivity contribution in [2.75, 3.05) is 0 Å². The molecule has 2 aliphatic rings. The van der Waals surface area contributed by atoms with Crippen LogP contribution in [0.2, 0.25) is 0 Å². The first-order chi connectivity index (χ1) is 12.7. The number of rotatable bonds is 5. The Labute approximate surface area is 155 Å². The van der Waals surface area contributed by atoms with Gasteiger partial charge in [0.25, 0.3) is 0 Å². The molecule has 5 nitrogen and oxygen atoms in total. The molecule has 1 aromatic carbocycles. The minimum Gasteiger partial charge on any atom is -0.352 e. The Morgan fingerprint density at radius 2 is 1.88 bits per heavy atom. The van der Waals surface area contributed by atoms with E-state index >= 15 is 0 Å². The molecule has 0 saturated heterocycles. The standard InChI is InChI=1S/C21H28N4O/c22-20-17-7-4-8-18(20)10-19(9-17)21(26)23-11-16-12-24-25(14-16)13-15-5-2-1-3-6-15/h1-3,5-6,12,14,17-20H,4,7-11,13,22H2,(H,23,26). The third-order valence-electron chi connectivity index (χ3n) is 6.12. The van der Waals surface area contributed by atoms with E-state index in [1.807, 2.05) is 35.3 Å². The second kappa shape index (κ2) is 7.62. The number of nitrogens with one attached hydrogen (secondary N) is 1. The van der Waals surface area contributed by atoms with Crippen molar-refractivity contribution < 1.29 is 4.79 Å². The molecule has 0 spiro atoms. The molecule has 1 aromatic heterocycles. The quantitative estimate of drug-likeness (QED) is 0.869. The van der Waals surface area contributed by atoms with Crippen molar-refractivity contribution >= 4 is 5.91 Å². The van der Waals surface area contributed by atoms with Crippen LogP contribution in [0.5, 0.6) is 0 Å². The maximum absolute atomic E-state index is 12.6. The fourth-order valence-electron chi connectivity index (χ4n) is 4.69. The lowest BCUT2D eigenvalue weighted by atomic mass is 9.65. The van der Waals surface area contributed by atoms with E-state index in [0.717, 1.165) is 24.9 Å². The maximum atomic E-state index is 12.6. The lowest BCUT2D eigenvalue weighted by Gasteiger charge is -2.43. The summed E-state index contributed by atoms with van der Waals surface area (Å²) in [5.41, 5.74) is 8.60. The van der Waals surface area contributed by atoms with Crippen LogP contribution in [0.1, 0.15) is 43.2 Å². The summed E-state index contributed by atoms with van der Waals surface area (Å²) < 4.78 is 1.92. The number of hydrogen-bond acceptors (Lipinski definition) is 3. The zero-order valence-electron chi connectivity index (χ0n) is 15.2. The van der Waals surface area contributed by atoms with Gasteiger partial charge in [0.1, 0.15) is 0 Å². The van der Waals surface area contributed by atoms with Crippen molar-refractivity contribution in [1.82, 2.24) is 15.1 Å². The predicted molar refractivity (Wildman–Crippen MR) is 101 cm³/mol. The summed E-state index contributed by atoms with van der Waals surface area (Å²) in [6.07, 6.45) is 9.42. The van der Waals surface area contributed by atoms with Gasteiger partial charge in [-0.15, -0.1) is 0 Å². The van der Waals surface area contributed by atoms with Gasteiger partial charge >= 0.3 is 0 Å². The number of carbonyl (C=O) groups excluding carboxylic acids is 1. The minimum atomic E-state index is 0.129. The number of benzene rings is 1. The van der Waals surface area contributed by atoms with E-state index in [4.69, 9.17) is 5.73 Å². The van der Waals surface area contributed by atoms with Crippen LogP contribution < -0.4 is 11.1 Å². The van der Waals surface area contributed by atoms with Gasteiger partial charge in [0.05, 0.1) is 12.7 Å². The Morgan fingerprint density at radius 1 is 1.15 bits per heavy atom. The first kappa shape index (κ1) is 17.3. The van der Waals surface area contributed by atoms with Crippen LogP contribution in [0.4, 0.5) is 0 Å². The molecule has 2 fully saturated rings. The lowest BCUT2D eigenvalue weighted by Crippen LogP contribution is -2.49. The van der Waals surface area contributed by atoms with E-state index < -0.39 is 0 Å². The number of nitrogens with two attached hydrogens (primary N) is 1. The van der Waals surface area contributed by atoms with Crippen LogP contribution in [0.25, 0.3) is 0 Å². The highest BCUT2D eigenvalue weighted by Gasteiger charge is 2.40. The first-order valence-electron chi connectivity index (χ1n) is 9.77. The number of fused-ring (bicyclic) bond motifs is 2. The van der Waals surface area contributed by atoms with Crippen molar-refractivity contribution in [2.45, 2.75) is 51.2 Å². The molecule has 138 valence electrons. The topological polar surface area (TPSA) is 72.9 Å². The molecule has 4 rings (SSSR count). The normalized spacial score (nSPS) is 27.9. The van der Waals surface area contributed by atoms with E-state index in [9.17, 15) is 4.79 Å². The van der Waals surface area contributed by atoms with Gasteiger partial charge in [-0.05, 0) is 43.1 Å². The van der Waals surface area contributed by atoms with Crippen molar-refractivity contribution in [3.05, 3.63) is 53.9 Å². The van der Waals surface area contributed by atoms with E-state index in [1.54, 1.807) is 0 Å². The van der Waals surface area contributed by atoms with Gasteiger partial charge < -0.3 is 11.1 Å². The summed E-state index contributed by atoms with van der Waals surface area (Å²) >= 11 is 0. The zero-order chi connectivity index (χ0) is 17.9. The SMILES string of the molecule is NC1C2CCCC1CC(C(=O)NCc1cnn(Cc3ccccc3)c1)C2. The second-order valence-electron chi connectivity index (χ2n) is 7.95. The van der Waals surface area contributed by atoms with Gasteiger partial charge in [-0.1, -0.05) is 36.8 Å². The summed E-state index contributed by atoms with van der Waals surface area (Å²) in [6, 6.07) is 10.6. The van der Waals surface area contributed by atoms with Gasteiger partial charge in [0.2, 0.25) is 5.91 Å². The molecule has 1 heterocycles.